The summed E-state index contributed by atoms with van der Waals surface area (Å²) in [4.78, 5) is 14.8. The largest absolute Gasteiger partial charge is 0.447 e. The fraction of sp³-hybridized carbons (Fsp3) is 0.115. The maximum Gasteiger partial charge on any atom is 0.327 e. The normalized spacial score (nSPS) is 13.8. The molecule has 0 unspecified atom stereocenters. The number of nitriles is 1. The Labute approximate surface area is 412 Å². The third-order valence-electron chi connectivity index (χ3n) is 14.3. The molecule has 4 heterocycles. The van der Waals surface area contributed by atoms with Crippen molar-refractivity contribution in [1.82, 2.24) is 18.9 Å². The van der Waals surface area contributed by atoms with E-state index in [2.05, 4.69) is 148 Å². The van der Waals surface area contributed by atoms with Crippen molar-refractivity contribution in [2.45, 2.75) is 44.9 Å². The molecule has 12 rings (SSSR count). The molecule has 11 aromatic rings. The summed E-state index contributed by atoms with van der Waals surface area (Å²) < 4.78 is 18.3. The van der Waals surface area contributed by atoms with Gasteiger partial charge in [-0.1, -0.05) is 211 Å². The van der Waals surface area contributed by atoms with Gasteiger partial charge in [-0.05, 0) is 55.5 Å². The Morgan fingerprint density at radius 1 is 0.563 bits per heavy atom. The Morgan fingerprint density at radius 3 is 1.54 bits per heavy atom. The van der Waals surface area contributed by atoms with Crippen molar-refractivity contribution in [3.63, 3.8) is 0 Å². The van der Waals surface area contributed by atoms with Gasteiger partial charge in [0.2, 0.25) is 11.8 Å². The van der Waals surface area contributed by atoms with E-state index in [9.17, 15) is 11.8 Å². The summed E-state index contributed by atoms with van der Waals surface area (Å²) in [5.41, 5.74) is 11.1. The molecule has 0 saturated heterocycles. The maximum atomic E-state index is 12.1. The number of hydrogen-bond acceptors (Lipinski definition) is 5. The molecule has 1 aliphatic carbocycles. The number of aromatic nitrogens is 4. The van der Waals surface area contributed by atoms with Crippen LogP contribution < -0.4 is 32.5 Å². The lowest BCUT2D eigenvalue weighted by molar-refractivity contribution is 0.436. The predicted octanol–water partition coefficient (Wildman–Crippen LogP) is 9.85. The van der Waals surface area contributed by atoms with Crippen LogP contribution in [-0.4, -0.2) is 32.6 Å². The van der Waals surface area contributed by atoms with Crippen molar-refractivity contribution in [3.8, 4) is 17.3 Å². The maximum absolute atomic E-state index is 12.1. The van der Waals surface area contributed by atoms with Crippen molar-refractivity contribution in [3.05, 3.63) is 239 Å². The first kappa shape index (κ1) is 43.4. The number of aryl methyl sites for hydroxylation is 1. The topological polar surface area (TPSA) is 90.1 Å². The van der Waals surface area contributed by atoms with Crippen LogP contribution in [0.5, 0.6) is 0 Å². The summed E-state index contributed by atoms with van der Waals surface area (Å²) >= 11 is 0. The molecule has 0 aliphatic heterocycles. The molecule has 338 valence electrons. The quantitative estimate of drug-likeness (QED) is 0.101. The lowest BCUT2D eigenvalue weighted by Crippen LogP contribution is -2.55. The summed E-state index contributed by atoms with van der Waals surface area (Å²) in [6, 6.07) is 68.8. The van der Waals surface area contributed by atoms with Crippen molar-refractivity contribution in [2.75, 3.05) is 0 Å². The van der Waals surface area contributed by atoms with Gasteiger partial charge in [-0.3, -0.25) is 0 Å². The minimum absolute atomic E-state index is 0.0281. The molecule has 0 radical (unpaired) electrons. The summed E-state index contributed by atoms with van der Waals surface area (Å²) in [5, 5.41) is 15.1. The van der Waals surface area contributed by atoms with Gasteiger partial charge in [-0.25, -0.2) is 14.8 Å². The summed E-state index contributed by atoms with van der Waals surface area (Å²) in [6.45, 7) is 10.7. The lowest BCUT2D eigenvalue weighted by atomic mass is 9.49. The van der Waals surface area contributed by atoms with Crippen LogP contribution in [0.4, 0.5) is 0 Å². The molecule has 1 aliphatic rings. The van der Waals surface area contributed by atoms with Gasteiger partial charge in [0, 0.05) is 33.1 Å². The predicted molar refractivity (Wildman–Crippen MR) is 287 cm³/mol. The monoisotopic (exact) mass is 916 g/mol. The first-order chi connectivity index (χ1) is 35.1. The van der Waals surface area contributed by atoms with E-state index in [0.717, 1.165) is 87.2 Å². The number of rotatable bonds is 10. The van der Waals surface area contributed by atoms with Crippen LogP contribution in [0.25, 0.3) is 60.3 Å². The Kier molecular flexibility index (Phi) is 11.4. The van der Waals surface area contributed by atoms with E-state index in [0.29, 0.717) is 38.5 Å². The van der Waals surface area contributed by atoms with Crippen LogP contribution in [0.15, 0.2) is 203 Å². The molecule has 4 aromatic heterocycles. The van der Waals surface area contributed by atoms with Gasteiger partial charge in [0.1, 0.15) is 22.7 Å². The number of oxazole rings is 2. The van der Waals surface area contributed by atoms with Gasteiger partial charge < -0.3 is 17.8 Å². The highest BCUT2D eigenvalue weighted by Gasteiger charge is 2.39. The highest BCUT2D eigenvalue weighted by Crippen LogP contribution is 2.41. The third-order valence-corrected chi connectivity index (χ3v) is 14.3. The zero-order valence-electron chi connectivity index (χ0n) is 39.2. The highest BCUT2D eigenvalue weighted by atomic mass is 16.4. The molecular formula is C61H46B2N6O2. The minimum atomic E-state index is -0.468. The zero-order chi connectivity index (χ0) is 47.8. The highest BCUT2D eigenvalue weighted by molar-refractivity contribution is 6.85. The van der Waals surface area contributed by atoms with Crippen LogP contribution in [0.1, 0.15) is 61.1 Å². The van der Waals surface area contributed by atoms with E-state index < -0.39 is 13.7 Å². The number of hydrogen-bond donors (Lipinski definition) is 0. The first-order valence-corrected chi connectivity index (χ1v) is 24.4. The Morgan fingerprint density at radius 2 is 1.03 bits per heavy atom. The summed E-state index contributed by atoms with van der Waals surface area (Å²) in [5.74, 6) is 0.485. The van der Waals surface area contributed by atoms with Crippen molar-refractivity contribution in [1.29, 1.82) is 5.26 Å². The van der Waals surface area contributed by atoms with Crippen molar-refractivity contribution < 1.29 is 8.83 Å². The summed E-state index contributed by atoms with van der Waals surface area (Å²) in [7, 11) is 0. The molecule has 7 aromatic carbocycles. The van der Waals surface area contributed by atoms with E-state index in [-0.39, 0.29) is 23.4 Å². The Hall–Kier alpha value is -8.85. The molecule has 1 fully saturated rings. The average molecular weight is 917 g/mol. The molecule has 0 amide bonds. The smallest absolute Gasteiger partial charge is 0.327 e. The van der Waals surface area contributed by atoms with Gasteiger partial charge in [-0.15, -0.1) is 0 Å². The molecule has 0 N–H and O–H groups in total. The summed E-state index contributed by atoms with van der Waals surface area (Å²) in [6.07, 6.45) is 5.04. The molecule has 0 spiro atoms. The Bertz CT molecular complexity index is 3730. The van der Waals surface area contributed by atoms with E-state index in [1.54, 1.807) is 0 Å². The standard InChI is InChI=1S/C61H46B2N6O2/c1-41-24-18-19-35-47(41)57-54-53(59(55(65-2)61-67-50-37-21-23-39-52(50)71-61)69(57)63(45-31-14-6-15-32-45)46-33-16-7-17-34-46)56(42-25-8-3-9-26-42)68(62(43-27-10-4-11-28-43)44-29-12-5-13-30-44)58(54)48(40-64)60-66-49-36-20-22-38-51(49)70-60/h4-7,10-24,27-39,42H,3,8-9,25-26H2,1H3/b58-48-,59-55+. The number of fused-ring (bicyclic) bond motifs is 3. The molecular weight excluding hydrogens is 870 g/mol. The van der Waals surface area contributed by atoms with E-state index >= 15 is 0 Å². The fourth-order valence-corrected chi connectivity index (χ4v) is 11.2. The number of nitrogens with zero attached hydrogens (tertiary/aromatic N) is 6. The van der Waals surface area contributed by atoms with Crippen molar-refractivity contribution in [2.24, 2.45) is 0 Å². The van der Waals surface area contributed by atoms with Gasteiger partial charge >= 0.3 is 13.7 Å². The minimum Gasteiger partial charge on any atom is -0.447 e. The second-order valence-electron chi connectivity index (χ2n) is 18.4. The molecule has 8 nitrogen and oxygen atoms in total. The van der Waals surface area contributed by atoms with E-state index in [1.165, 1.54) is 0 Å². The van der Waals surface area contributed by atoms with Crippen molar-refractivity contribution >= 4 is 79.8 Å². The fourth-order valence-electron chi connectivity index (χ4n) is 11.2. The number of benzene rings is 7. The zero-order valence-corrected chi connectivity index (χ0v) is 39.2. The van der Waals surface area contributed by atoms with Gasteiger partial charge in [-0.2, -0.15) is 5.26 Å². The first-order valence-electron chi connectivity index (χ1n) is 24.4. The van der Waals surface area contributed by atoms with Crippen LogP contribution in [0.2, 0.25) is 0 Å². The molecule has 71 heavy (non-hydrogen) atoms. The average Bonchev–Trinajstić information content (AvgIpc) is 4.21. The molecule has 0 atom stereocenters. The van der Waals surface area contributed by atoms with Gasteiger partial charge in [0.25, 0.3) is 5.70 Å². The molecule has 10 heteroatoms. The third kappa shape index (κ3) is 7.57. The second kappa shape index (κ2) is 18.6. The Balaban J connectivity index is 1.44. The molecule has 0 bridgehead atoms. The van der Waals surface area contributed by atoms with Crippen LogP contribution in [-0.2, 0) is 0 Å². The van der Waals surface area contributed by atoms with Crippen LogP contribution in [0, 0.1) is 24.8 Å². The van der Waals surface area contributed by atoms with E-state index in [1.807, 2.05) is 72.8 Å². The van der Waals surface area contributed by atoms with E-state index in [4.69, 9.17) is 18.8 Å². The van der Waals surface area contributed by atoms with Crippen LogP contribution >= 0.6 is 0 Å². The molecule has 1 saturated carbocycles. The van der Waals surface area contributed by atoms with Gasteiger partial charge in [0.05, 0.1) is 11.9 Å². The number of para-hydroxylation sites is 4. The lowest BCUT2D eigenvalue weighted by Gasteiger charge is -2.29. The second-order valence-corrected chi connectivity index (χ2v) is 18.4. The van der Waals surface area contributed by atoms with Gasteiger partial charge in [0.15, 0.2) is 11.2 Å². The van der Waals surface area contributed by atoms with Crippen LogP contribution in [0.3, 0.4) is 0 Å². The SMILES string of the molecule is [C-]#[N+]/C(c1nc2ccccc2o1)=c1\c2c(C3CCCCC3)n(B(c3ccccc3)c3ccccc3)/c(=C(/C#N)c3nc4ccccc4o3)c2c(-c2ccccc2C)n1B(c1ccccc1)c1ccccc1.